The maximum atomic E-state index is 12.6. The molecule has 1 amide bonds. The molecule has 0 unspecified atom stereocenters. The fourth-order valence-corrected chi connectivity index (χ4v) is 3.46. The minimum absolute atomic E-state index is 0.164. The molecule has 0 atom stereocenters. The van der Waals surface area contributed by atoms with Crippen LogP contribution >= 0.6 is 12.2 Å². The molecular formula is C20H18N6O2S. The summed E-state index contributed by atoms with van der Waals surface area (Å²) in [7, 11) is 0. The van der Waals surface area contributed by atoms with Crippen LogP contribution in [0.1, 0.15) is 22.8 Å². The number of nitrogens with one attached hydrogen (secondary N) is 3. The highest BCUT2D eigenvalue weighted by Crippen LogP contribution is 2.16. The molecule has 0 saturated carbocycles. The Balaban J connectivity index is 1.55. The first-order chi connectivity index (χ1) is 14.1. The number of benzene rings is 2. The van der Waals surface area contributed by atoms with Crippen LogP contribution in [0.15, 0.2) is 53.6 Å². The Bertz CT molecular complexity index is 1310. The van der Waals surface area contributed by atoms with Gasteiger partial charge in [-0.05, 0) is 49.0 Å². The second-order valence-electron chi connectivity index (χ2n) is 6.46. The number of hydrogen-bond donors (Lipinski definition) is 3. The van der Waals surface area contributed by atoms with Gasteiger partial charge in [-0.25, -0.2) is 4.98 Å². The van der Waals surface area contributed by atoms with Crippen molar-refractivity contribution in [2.75, 3.05) is 0 Å². The van der Waals surface area contributed by atoms with Gasteiger partial charge in [-0.15, -0.1) is 0 Å². The van der Waals surface area contributed by atoms with E-state index in [4.69, 9.17) is 12.2 Å². The van der Waals surface area contributed by atoms with E-state index in [0.717, 1.165) is 11.1 Å². The molecule has 146 valence electrons. The molecule has 3 N–H and O–H groups in total. The summed E-state index contributed by atoms with van der Waals surface area (Å²) in [5.74, 6) is 0.427. The van der Waals surface area contributed by atoms with Gasteiger partial charge < -0.3 is 10.3 Å². The van der Waals surface area contributed by atoms with Crippen molar-refractivity contribution in [3.63, 3.8) is 0 Å². The number of H-pyrrole nitrogens is 2. The van der Waals surface area contributed by atoms with E-state index in [1.165, 1.54) is 10.9 Å². The normalized spacial score (nSPS) is 10.9. The van der Waals surface area contributed by atoms with Crippen LogP contribution in [0.4, 0.5) is 0 Å². The molecule has 8 nitrogen and oxygen atoms in total. The largest absolute Gasteiger partial charge is 0.348 e. The van der Waals surface area contributed by atoms with Gasteiger partial charge >= 0.3 is 0 Å². The zero-order chi connectivity index (χ0) is 20.4. The zero-order valence-electron chi connectivity index (χ0n) is 15.6. The topological polar surface area (TPSA) is 108 Å². The van der Waals surface area contributed by atoms with Gasteiger partial charge in [0.2, 0.25) is 0 Å². The number of amides is 1. The number of carbonyl (C=O) groups is 1. The summed E-state index contributed by atoms with van der Waals surface area (Å²) < 4.78 is 1.82. The summed E-state index contributed by atoms with van der Waals surface area (Å²) in [4.78, 5) is 32.2. The Hall–Kier alpha value is -3.59. The van der Waals surface area contributed by atoms with Gasteiger partial charge in [0.25, 0.3) is 11.5 Å². The summed E-state index contributed by atoms with van der Waals surface area (Å²) in [5, 5.41) is 10.1. The van der Waals surface area contributed by atoms with Crippen LogP contribution in [0.3, 0.4) is 0 Å². The molecule has 29 heavy (non-hydrogen) atoms. The minimum Gasteiger partial charge on any atom is -0.348 e. The Morgan fingerprint density at radius 2 is 2.10 bits per heavy atom. The first-order valence-electron chi connectivity index (χ1n) is 9.06. The van der Waals surface area contributed by atoms with Gasteiger partial charge in [0, 0.05) is 24.2 Å². The first kappa shape index (κ1) is 18.8. The average Bonchev–Trinajstić information content (AvgIpc) is 3.27. The van der Waals surface area contributed by atoms with Crippen LogP contribution in [0.25, 0.3) is 22.3 Å². The number of aromatic nitrogens is 5. The number of fused-ring (bicyclic) bond motifs is 1. The van der Waals surface area contributed by atoms with E-state index in [1.807, 2.05) is 31.2 Å². The lowest BCUT2D eigenvalue weighted by atomic mass is 10.1. The minimum atomic E-state index is -0.240. The van der Waals surface area contributed by atoms with Crippen molar-refractivity contribution in [3.8, 4) is 11.4 Å². The first-order valence-corrected chi connectivity index (χ1v) is 9.47. The molecule has 2 aromatic carbocycles. The van der Waals surface area contributed by atoms with Crippen molar-refractivity contribution < 1.29 is 4.79 Å². The fraction of sp³-hybridized carbons (Fsp3) is 0.150. The molecule has 0 saturated heterocycles. The van der Waals surface area contributed by atoms with Gasteiger partial charge in [-0.2, -0.15) is 5.10 Å². The monoisotopic (exact) mass is 406 g/mol. The van der Waals surface area contributed by atoms with Crippen LogP contribution in [0.2, 0.25) is 0 Å². The molecule has 0 radical (unpaired) electrons. The van der Waals surface area contributed by atoms with Gasteiger partial charge in [0.05, 0.1) is 10.9 Å². The highest BCUT2D eigenvalue weighted by Gasteiger charge is 2.10. The lowest BCUT2D eigenvalue weighted by molar-refractivity contribution is 0.0951. The van der Waals surface area contributed by atoms with Crippen LogP contribution in [0, 0.1) is 4.77 Å². The predicted molar refractivity (Wildman–Crippen MR) is 112 cm³/mol. The van der Waals surface area contributed by atoms with Crippen LogP contribution < -0.4 is 10.9 Å². The molecular weight excluding hydrogens is 388 g/mol. The maximum Gasteiger partial charge on any atom is 0.262 e. The smallest absolute Gasteiger partial charge is 0.262 e. The van der Waals surface area contributed by atoms with Crippen molar-refractivity contribution in [1.82, 2.24) is 30.0 Å². The zero-order valence-corrected chi connectivity index (χ0v) is 16.4. The third-order valence-corrected chi connectivity index (χ3v) is 4.95. The number of carbonyl (C=O) groups excluding carboxylic acids is 1. The molecule has 0 aliphatic carbocycles. The molecule has 4 aromatic rings. The lowest BCUT2D eigenvalue weighted by Gasteiger charge is -2.09. The lowest BCUT2D eigenvalue weighted by Crippen LogP contribution is -2.24. The quantitative estimate of drug-likeness (QED) is 0.442. The van der Waals surface area contributed by atoms with Crippen LogP contribution in [0.5, 0.6) is 0 Å². The SMILES string of the molecule is CCn1c(=S)[nH]c2cc(C(=O)NCc3cccc(-c4ncn[nH]4)c3)ccc2c1=O. The fourth-order valence-electron chi connectivity index (χ4n) is 3.14. The highest BCUT2D eigenvalue weighted by atomic mass is 32.1. The van der Waals surface area contributed by atoms with E-state index in [-0.39, 0.29) is 11.5 Å². The number of aromatic amines is 2. The van der Waals surface area contributed by atoms with Crippen molar-refractivity contribution in [2.45, 2.75) is 20.0 Å². The molecule has 9 heteroatoms. The molecule has 0 fully saturated rings. The third-order valence-electron chi connectivity index (χ3n) is 4.63. The van der Waals surface area contributed by atoms with E-state index in [9.17, 15) is 9.59 Å². The van der Waals surface area contributed by atoms with Crippen LogP contribution in [-0.4, -0.2) is 30.6 Å². The second kappa shape index (κ2) is 7.80. The van der Waals surface area contributed by atoms with Crippen LogP contribution in [-0.2, 0) is 13.1 Å². The van der Waals surface area contributed by atoms with Crippen molar-refractivity contribution in [2.24, 2.45) is 0 Å². The summed E-state index contributed by atoms with van der Waals surface area (Å²) in [5.41, 5.74) is 2.65. The Labute approximate surface area is 170 Å². The Morgan fingerprint density at radius 1 is 1.24 bits per heavy atom. The summed E-state index contributed by atoms with van der Waals surface area (Å²) in [6.45, 7) is 2.70. The van der Waals surface area contributed by atoms with Gasteiger partial charge in [0.15, 0.2) is 10.6 Å². The molecule has 0 aliphatic rings. The standard InChI is InChI=1S/C20H18N6O2S/c1-2-26-19(28)15-7-6-14(9-16(15)24-20(26)29)18(27)21-10-12-4-3-5-13(8-12)17-22-11-23-25-17/h3-9,11H,2,10H2,1H3,(H,21,27)(H,24,29)(H,22,23,25). The van der Waals surface area contributed by atoms with Crippen molar-refractivity contribution in [1.29, 1.82) is 0 Å². The molecule has 0 aliphatic heterocycles. The Morgan fingerprint density at radius 3 is 2.86 bits per heavy atom. The summed E-state index contributed by atoms with van der Waals surface area (Å²) >= 11 is 5.23. The van der Waals surface area contributed by atoms with E-state index in [1.54, 1.807) is 18.2 Å². The summed E-state index contributed by atoms with van der Waals surface area (Å²) in [6, 6.07) is 12.6. The Kier molecular flexibility index (Phi) is 5.05. The summed E-state index contributed by atoms with van der Waals surface area (Å²) in [6.07, 6.45) is 1.45. The predicted octanol–water partition coefficient (Wildman–Crippen LogP) is 2.79. The second-order valence-corrected chi connectivity index (χ2v) is 6.84. The van der Waals surface area contributed by atoms with E-state index in [2.05, 4.69) is 25.5 Å². The number of nitrogens with zero attached hydrogens (tertiary/aromatic N) is 3. The number of hydrogen-bond acceptors (Lipinski definition) is 5. The molecule has 2 heterocycles. The molecule has 4 rings (SSSR count). The molecule has 2 aromatic heterocycles. The number of rotatable bonds is 5. The maximum absolute atomic E-state index is 12.6. The van der Waals surface area contributed by atoms with Crippen molar-refractivity contribution in [3.05, 3.63) is 75.0 Å². The van der Waals surface area contributed by atoms with Crippen molar-refractivity contribution >= 4 is 29.0 Å². The highest BCUT2D eigenvalue weighted by molar-refractivity contribution is 7.71. The van der Waals surface area contributed by atoms with E-state index < -0.39 is 0 Å². The van der Waals surface area contributed by atoms with E-state index >= 15 is 0 Å². The average molecular weight is 406 g/mol. The third kappa shape index (κ3) is 3.72. The molecule has 0 spiro atoms. The van der Waals surface area contributed by atoms with Gasteiger partial charge in [-0.1, -0.05) is 18.2 Å². The van der Waals surface area contributed by atoms with Gasteiger partial charge in [-0.3, -0.25) is 19.3 Å². The van der Waals surface area contributed by atoms with E-state index in [0.29, 0.717) is 40.2 Å². The molecule has 0 bridgehead atoms. The van der Waals surface area contributed by atoms with Gasteiger partial charge in [0.1, 0.15) is 6.33 Å².